The summed E-state index contributed by atoms with van der Waals surface area (Å²) in [5.41, 5.74) is 4.73. The number of aryl methyl sites for hydroxylation is 3. The maximum Gasteiger partial charge on any atom is 0.277 e. The van der Waals surface area contributed by atoms with Crippen molar-refractivity contribution in [1.29, 1.82) is 0 Å². The molecule has 1 aromatic heterocycles. The number of unbranched alkanes of at least 4 members (excludes halogenated alkanes) is 1. The van der Waals surface area contributed by atoms with Crippen molar-refractivity contribution in [2.24, 2.45) is 5.10 Å². The van der Waals surface area contributed by atoms with Crippen molar-refractivity contribution >= 4 is 35.3 Å². The first-order valence-electron chi connectivity index (χ1n) is 8.36. The molecule has 2 rings (SSSR count). The van der Waals surface area contributed by atoms with E-state index in [-0.39, 0.29) is 12.5 Å². The van der Waals surface area contributed by atoms with E-state index in [2.05, 4.69) is 22.5 Å². The highest BCUT2D eigenvalue weighted by Gasteiger charge is 2.11. The Labute approximate surface area is 163 Å². The number of hydrogen-bond acceptors (Lipinski definition) is 4. The van der Waals surface area contributed by atoms with Gasteiger partial charge < -0.3 is 4.74 Å². The molecule has 0 unspecified atom stereocenters. The number of nitrogens with zero attached hydrogens (tertiary/aromatic N) is 3. The molecule has 0 spiro atoms. The van der Waals surface area contributed by atoms with E-state index in [0.29, 0.717) is 21.5 Å². The smallest absolute Gasteiger partial charge is 0.277 e. The topological polar surface area (TPSA) is 68.5 Å². The van der Waals surface area contributed by atoms with Gasteiger partial charge in [-0.2, -0.15) is 10.2 Å². The normalized spacial score (nSPS) is 11.1. The summed E-state index contributed by atoms with van der Waals surface area (Å²) in [5.74, 6) is 0.229. The number of ether oxygens (including phenoxy) is 1. The summed E-state index contributed by atoms with van der Waals surface area (Å²) in [4.78, 5) is 11.9. The van der Waals surface area contributed by atoms with Crippen LogP contribution in [-0.2, 0) is 11.3 Å². The minimum absolute atomic E-state index is 0.151. The van der Waals surface area contributed by atoms with Crippen LogP contribution in [0.15, 0.2) is 23.3 Å². The van der Waals surface area contributed by atoms with Gasteiger partial charge in [0.2, 0.25) is 0 Å². The summed E-state index contributed by atoms with van der Waals surface area (Å²) in [5, 5.41) is 9.46. The fraction of sp³-hybridized carbons (Fsp3) is 0.389. The maximum atomic E-state index is 11.9. The van der Waals surface area contributed by atoms with E-state index in [9.17, 15) is 4.79 Å². The van der Waals surface area contributed by atoms with Crippen LogP contribution < -0.4 is 10.2 Å². The van der Waals surface area contributed by atoms with Crippen LogP contribution in [-0.4, -0.2) is 28.5 Å². The Balaban J connectivity index is 1.89. The number of rotatable bonds is 8. The van der Waals surface area contributed by atoms with Gasteiger partial charge >= 0.3 is 0 Å². The van der Waals surface area contributed by atoms with Gasteiger partial charge in [-0.15, -0.1) is 0 Å². The zero-order chi connectivity index (χ0) is 19.1. The Morgan fingerprint density at radius 2 is 2.15 bits per heavy atom. The van der Waals surface area contributed by atoms with Crippen LogP contribution in [0.3, 0.4) is 0 Å². The highest BCUT2D eigenvalue weighted by Crippen LogP contribution is 2.21. The molecule has 0 aliphatic carbocycles. The van der Waals surface area contributed by atoms with E-state index in [1.54, 1.807) is 22.9 Å². The molecule has 2 aromatic rings. The maximum absolute atomic E-state index is 11.9. The zero-order valence-corrected chi connectivity index (χ0v) is 16.6. The number of hydrogen-bond donors (Lipinski definition) is 1. The lowest BCUT2D eigenvalue weighted by molar-refractivity contribution is -0.123. The number of halogens is 2. The number of hydrazone groups is 1. The molecule has 6 nitrogen and oxygen atoms in total. The fourth-order valence-electron chi connectivity index (χ4n) is 2.29. The van der Waals surface area contributed by atoms with Gasteiger partial charge in [0, 0.05) is 11.6 Å². The van der Waals surface area contributed by atoms with Crippen molar-refractivity contribution in [3.63, 3.8) is 0 Å². The third-order valence-corrected chi connectivity index (χ3v) is 4.35. The predicted octanol–water partition coefficient (Wildman–Crippen LogP) is 4.14. The molecular formula is C18H22Cl2N4O2. The van der Waals surface area contributed by atoms with Crippen LogP contribution in [0, 0.1) is 13.8 Å². The summed E-state index contributed by atoms with van der Waals surface area (Å²) >= 11 is 12.2. The molecule has 1 N–H and O–H groups in total. The number of aromatic nitrogens is 2. The number of nitrogens with one attached hydrogen (secondary N) is 1. The number of carbonyl (C=O) groups excluding carboxylic acids is 1. The molecule has 26 heavy (non-hydrogen) atoms. The molecule has 0 aliphatic heterocycles. The van der Waals surface area contributed by atoms with E-state index >= 15 is 0 Å². The molecule has 0 aliphatic rings. The second-order valence-electron chi connectivity index (χ2n) is 5.86. The molecule has 0 saturated carbocycles. The van der Waals surface area contributed by atoms with Crippen LogP contribution >= 0.6 is 23.2 Å². The van der Waals surface area contributed by atoms with Crippen molar-refractivity contribution in [1.82, 2.24) is 15.2 Å². The quantitative estimate of drug-likeness (QED) is 0.538. The lowest BCUT2D eigenvalue weighted by Crippen LogP contribution is -2.24. The fourth-order valence-corrected chi connectivity index (χ4v) is 2.82. The first-order chi connectivity index (χ1) is 12.4. The highest BCUT2D eigenvalue weighted by molar-refractivity contribution is 6.32. The average molecular weight is 397 g/mol. The van der Waals surface area contributed by atoms with Crippen LogP contribution in [0.25, 0.3) is 0 Å². The number of amides is 1. The van der Waals surface area contributed by atoms with Gasteiger partial charge in [-0.05, 0) is 44.0 Å². The van der Waals surface area contributed by atoms with E-state index in [4.69, 9.17) is 27.9 Å². The molecule has 0 saturated heterocycles. The van der Waals surface area contributed by atoms with Crippen LogP contribution in [0.5, 0.6) is 5.75 Å². The first kappa shape index (κ1) is 20.3. The van der Waals surface area contributed by atoms with Gasteiger partial charge in [0.25, 0.3) is 5.91 Å². The largest absolute Gasteiger partial charge is 0.483 e. The molecule has 0 atom stereocenters. The van der Waals surface area contributed by atoms with Crippen molar-refractivity contribution in [3.8, 4) is 5.75 Å². The Morgan fingerprint density at radius 3 is 2.85 bits per heavy atom. The lowest BCUT2D eigenvalue weighted by atomic mass is 10.2. The molecule has 0 radical (unpaired) electrons. The van der Waals surface area contributed by atoms with E-state index < -0.39 is 0 Å². The monoisotopic (exact) mass is 396 g/mol. The summed E-state index contributed by atoms with van der Waals surface area (Å²) in [6.45, 7) is 6.42. The molecule has 140 valence electrons. The van der Waals surface area contributed by atoms with E-state index in [1.807, 2.05) is 13.8 Å². The number of carbonyl (C=O) groups is 1. The molecule has 1 amide bonds. The van der Waals surface area contributed by atoms with Gasteiger partial charge in [0.1, 0.15) is 10.9 Å². The summed E-state index contributed by atoms with van der Waals surface area (Å²) < 4.78 is 7.21. The Morgan fingerprint density at radius 1 is 1.38 bits per heavy atom. The molecule has 0 bridgehead atoms. The third kappa shape index (κ3) is 5.47. The first-order valence-corrected chi connectivity index (χ1v) is 9.11. The van der Waals surface area contributed by atoms with E-state index in [1.165, 1.54) is 6.21 Å². The Bertz CT molecular complexity index is 803. The van der Waals surface area contributed by atoms with Gasteiger partial charge in [0.05, 0.1) is 17.5 Å². The lowest BCUT2D eigenvalue weighted by Gasteiger charge is -2.08. The summed E-state index contributed by atoms with van der Waals surface area (Å²) in [6, 6.07) is 5.21. The standard InChI is InChI=1S/C18H22Cl2N4O2/c1-4-5-8-24-18(20)15(13(3)23-24)10-21-22-17(25)11-26-16-7-6-14(19)9-12(16)2/h6-7,9-10H,4-5,8,11H2,1-3H3,(H,22,25)/b21-10-. The molecule has 1 heterocycles. The third-order valence-electron chi connectivity index (χ3n) is 3.71. The van der Waals surface area contributed by atoms with Gasteiger partial charge in [-0.25, -0.2) is 5.43 Å². The van der Waals surface area contributed by atoms with Gasteiger partial charge in [-0.1, -0.05) is 36.5 Å². The van der Waals surface area contributed by atoms with Crippen LogP contribution in [0.2, 0.25) is 10.2 Å². The second-order valence-corrected chi connectivity index (χ2v) is 6.65. The highest BCUT2D eigenvalue weighted by atomic mass is 35.5. The zero-order valence-electron chi connectivity index (χ0n) is 15.1. The molecule has 0 fully saturated rings. The molecular weight excluding hydrogens is 375 g/mol. The van der Waals surface area contributed by atoms with Crippen molar-refractivity contribution in [2.45, 2.75) is 40.2 Å². The minimum Gasteiger partial charge on any atom is -0.483 e. The Kier molecular flexibility index (Phi) is 7.48. The minimum atomic E-state index is -0.372. The Hall–Kier alpha value is -2.05. The van der Waals surface area contributed by atoms with E-state index in [0.717, 1.165) is 30.6 Å². The SMILES string of the molecule is CCCCn1nc(C)c(/C=N\NC(=O)COc2ccc(Cl)cc2C)c1Cl. The van der Waals surface area contributed by atoms with Crippen molar-refractivity contribution in [3.05, 3.63) is 45.2 Å². The van der Waals surface area contributed by atoms with Gasteiger partial charge in [0.15, 0.2) is 6.61 Å². The summed E-state index contributed by atoms with van der Waals surface area (Å²) in [7, 11) is 0. The summed E-state index contributed by atoms with van der Waals surface area (Å²) in [6.07, 6.45) is 3.55. The van der Waals surface area contributed by atoms with Crippen LogP contribution in [0.1, 0.15) is 36.6 Å². The van der Waals surface area contributed by atoms with Crippen molar-refractivity contribution in [2.75, 3.05) is 6.61 Å². The average Bonchev–Trinajstić information content (AvgIpc) is 2.86. The van der Waals surface area contributed by atoms with Crippen LogP contribution in [0.4, 0.5) is 0 Å². The second kappa shape index (κ2) is 9.59. The van der Waals surface area contributed by atoms with Gasteiger partial charge in [-0.3, -0.25) is 9.48 Å². The number of benzene rings is 1. The molecule has 1 aromatic carbocycles. The molecule has 8 heteroatoms. The van der Waals surface area contributed by atoms with Crippen molar-refractivity contribution < 1.29 is 9.53 Å². The predicted molar refractivity (Wildman–Crippen MR) is 104 cm³/mol.